The van der Waals surface area contributed by atoms with Crippen molar-refractivity contribution in [2.75, 3.05) is 53.0 Å². The first-order valence-corrected chi connectivity index (χ1v) is 20.0. The largest absolute Gasteiger partial charge is 0.469 e. The summed E-state index contributed by atoms with van der Waals surface area (Å²) >= 11 is 0. The van der Waals surface area contributed by atoms with Gasteiger partial charge in [0, 0.05) is 49.8 Å². The lowest BCUT2D eigenvalue weighted by molar-refractivity contribution is -0.205. The zero-order chi connectivity index (χ0) is 44.5. The topological polar surface area (TPSA) is 175 Å². The second-order valence-corrected chi connectivity index (χ2v) is 17.0. The van der Waals surface area contributed by atoms with Crippen molar-refractivity contribution in [1.29, 1.82) is 0 Å². The Morgan fingerprint density at radius 2 is 1.69 bits per heavy atom. The van der Waals surface area contributed by atoms with Gasteiger partial charge in [-0.3, -0.25) is 28.7 Å². The van der Waals surface area contributed by atoms with Crippen molar-refractivity contribution in [3.05, 3.63) is 53.1 Å². The van der Waals surface area contributed by atoms with E-state index in [9.17, 15) is 54.7 Å². The number of ether oxygens (including phenoxy) is 3. The average Bonchev–Trinajstić information content (AvgIpc) is 3.74. The highest BCUT2D eigenvalue weighted by Gasteiger charge is 2.71. The van der Waals surface area contributed by atoms with Crippen LogP contribution in [0.15, 0.2) is 30.6 Å². The Bertz CT molecular complexity index is 1960. The van der Waals surface area contributed by atoms with Crippen molar-refractivity contribution in [3.8, 4) is 0 Å². The maximum Gasteiger partial charge on any atom is 0.416 e. The van der Waals surface area contributed by atoms with Gasteiger partial charge >= 0.3 is 18.3 Å². The number of esters is 1. The molecule has 2 bridgehead atoms. The first-order chi connectivity index (χ1) is 28.6. The summed E-state index contributed by atoms with van der Waals surface area (Å²) in [4.78, 5) is 62.9. The Hall–Kier alpha value is -4.79. The van der Waals surface area contributed by atoms with Crippen LogP contribution >= 0.6 is 0 Å². The molecule has 4 saturated heterocycles. The fourth-order valence-corrected chi connectivity index (χ4v) is 8.72. The van der Waals surface area contributed by atoms with Crippen LogP contribution in [0.5, 0.6) is 0 Å². The summed E-state index contributed by atoms with van der Waals surface area (Å²) in [6.45, 7) is 2.74. The van der Waals surface area contributed by atoms with Gasteiger partial charge < -0.3 is 35.1 Å². The number of amides is 4. The number of nitrogens with zero attached hydrogens (tertiary/aromatic N) is 4. The van der Waals surface area contributed by atoms with Crippen LogP contribution in [-0.2, 0) is 46.1 Å². The Morgan fingerprint density at radius 1 is 1.02 bits per heavy atom. The van der Waals surface area contributed by atoms with Crippen molar-refractivity contribution in [3.63, 3.8) is 0 Å². The number of likely N-dealkylation sites (tertiary alicyclic amines) is 2. The quantitative estimate of drug-likeness (QED) is 0.221. The molecule has 3 N–H and O–H groups in total. The molecule has 1 aromatic heterocycles. The third-order valence-corrected chi connectivity index (χ3v) is 12.5. The number of halogens is 7. The predicted molar refractivity (Wildman–Crippen MR) is 198 cm³/mol. The number of fused-ring (bicyclic) bond motifs is 3. The summed E-state index contributed by atoms with van der Waals surface area (Å²) in [6, 6.07) is 2.21. The van der Waals surface area contributed by atoms with Gasteiger partial charge in [0.2, 0.25) is 17.7 Å². The zero-order valence-corrected chi connectivity index (χ0v) is 33.7. The highest BCUT2D eigenvalue weighted by Crippen LogP contribution is 2.60. The number of nitrogens with one attached hydrogen (secondary N) is 1. The van der Waals surface area contributed by atoms with Gasteiger partial charge in [-0.2, -0.15) is 31.4 Å². The fraction of sp³-hybridized carbons (Fsp3) is 0.650. The molecule has 14 nitrogen and oxygen atoms in total. The van der Waals surface area contributed by atoms with Gasteiger partial charge in [-0.1, -0.05) is 6.07 Å². The van der Waals surface area contributed by atoms with E-state index in [1.807, 2.05) is 6.92 Å². The SMILES string of the molecule is COC(=O)CCNC(=O)CC(C)OCC12CCC(CC1)OC2.NC(=O)C1CN(C(=O)c2cnn(Cc3ccc(F)cc3C(F)(F)F)c2)CC12CN(C(=O)C1(C(F)(F)F)CC1)C2. The molecule has 5 heterocycles. The van der Waals surface area contributed by atoms with Crippen molar-refractivity contribution in [2.45, 2.75) is 89.4 Å². The smallest absolute Gasteiger partial charge is 0.416 e. The summed E-state index contributed by atoms with van der Waals surface area (Å²) in [5, 5.41) is 6.63. The van der Waals surface area contributed by atoms with Gasteiger partial charge in [0.25, 0.3) is 5.91 Å². The van der Waals surface area contributed by atoms with Gasteiger partial charge in [-0.15, -0.1) is 0 Å². The summed E-state index contributed by atoms with van der Waals surface area (Å²) in [5.74, 6) is -4.81. The highest BCUT2D eigenvalue weighted by atomic mass is 19.4. The molecule has 2 saturated carbocycles. The van der Waals surface area contributed by atoms with E-state index in [0.29, 0.717) is 31.7 Å². The molecule has 2 unspecified atom stereocenters. The van der Waals surface area contributed by atoms with E-state index in [1.165, 1.54) is 18.2 Å². The van der Waals surface area contributed by atoms with Crippen LogP contribution < -0.4 is 11.1 Å². The van der Waals surface area contributed by atoms with Crippen LogP contribution in [0.25, 0.3) is 0 Å². The monoisotopic (exact) mass is 874 g/mol. The Morgan fingerprint density at radius 3 is 2.26 bits per heavy atom. The van der Waals surface area contributed by atoms with Crippen molar-refractivity contribution >= 4 is 29.6 Å². The van der Waals surface area contributed by atoms with Crippen LogP contribution in [0.1, 0.15) is 79.8 Å². The molecule has 8 rings (SSSR count). The first-order valence-electron chi connectivity index (χ1n) is 20.0. The van der Waals surface area contributed by atoms with E-state index in [0.717, 1.165) is 60.2 Å². The fourth-order valence-electron chi connectivity index (χ4n) is 8.72. The molecule has 336 valence electrons. The number of primary amides is 1. The number of alkyl halides is 6. The molecule has 1 spiro atoms. The van der Waals surface area contributed by atoms with Crippen LogP contribution in [-0.4, -0.2) is 121 Å². The second kappa shape index (κ2) is 17.5. The Balaban J connectivity index is 0.000000240. The molecular formula is C40H49F7N6O8. The maximum absolute atomic E-state index is 13.4. The Kier molecular flexibility index (Phi) is 13.1. The van der Waals surface area contributed by atoms with Gasteiger partial charge in [-0.05, 0) is 63.1 Å². The van der Waals surface area contributed by atoms with Crippen molar-refractivity contribution in [1.82, 2.24) is 24.9 Å². The molecule has 0 radical (unpaired) electrons. The summed E-state index contributed by atoms with van der Waals surface area (Å²) in [7, 11) is 1.34. The Labute approximate surface area is 346 Å². The van der Waals surface area contributed by atoms with Gasteiger partial charge in [0.15, 0.2) is 0 Å². The predicted octanol–water partition coefficient (Wildman–Crippen LogP) is 4.24. The summed E-state index contributed by atoms with van der Waals surface area (Å²) < 4.78 is 111. The lowest BCUT2D eigenvalue weighted by Gasteiger charge is -2.51. The number of carbonyl (C=O) groups is 5. The first kappa shape index (κ1) is 45.7. The molecule has 4 aliphatic heterocycles. The van der Waals surface area contributed by atoms with E-state index in [4.69, 9.17) is 15.2 Å². The number of hydrogen-bond donors (Lipinski definition) is 2. The number of nitrogens with two attached hydrogens (primary N) is 1. The minimum absolute atomic E-state index is 0.00722. The van der Waals surface area contributed by atoms with Crippen LogP contribution in [0.3, 0.4) is 0 Å². The molecule has 6 fully saturated rings. The third kappa shape index (κ3) is 10.1. The van der Waals surface area contributed by atoms with Crippen LogP contribution in [0, 0.1) is 28.0 Å². The molecule has 4 amide bonds. The average molecular weight is 875 g/mol. The summed E-state index contributed by atoms with van der Waals surface area (Å²) in [6.07, 6.45) is -2.34. The second-order valence-electron chi connectivity index (χ2n) is 17.0. The van der Waals surface area contributed by atoms with Gasteiger partial charge in [0.1, 0.15) is 11.2 Å². The number of benzene rings is 1. The maximum atomic E-state index is 13.4. The molecule has 21 heteroatoms. The van der Waals surface area contributed by atoms with Crippen LogP contribution in [0.2, 0.25) is 0 Å². The van der Waals surface area contributed by atoms with Crippen LogP contribution in [0.4, 0.5) is 30.7 Å². The molecule has 2 aliphatic carbocycles. The minimum Gasteiger partial charge on any atom is -0.469 e. The number of rotatable bonds is 13. The summed E-state index contributed by atoms with van der Waals surface area (Å²) in [5.41, 5.74) is 0.836. The van der Waals surface area contributed by atoms with Crippen molar-refractivity contribution < 1.29 is 68.9 Å². The molecule has 2 aromatic rings. The van der Waals surface area contributed by atoms with E-state index >= 15 is 0 Å². The molecular weight excluding hydrogens is 825 g/mol. The number of hydrogen-bond acceptors (Lipinski definition) is 9. The zero-order valence-electron chi connectivity index (χ0n) is 33.7. The van der Waals surface area contributed by atoms with Crippen molar-refractivity contribution in [2.24, 2.45) is 27.9 Å². The van der Waals surface area contributed by atoms with Gasteiger partial charge in [-0.25, -0.2) is 4.39 Å². The third-order valence-electron chi connectivity index (χ3n) is 12.5. The van der Waals surface area contributed by atoms with E-state index < -0.39 is 64.7 Å². The normalized spacial score (nSPS) is 24.0. The number of methoxy groups -OCH3 is 1. The minimum atomic E-state index is -4.81. The number of carbonyl (C=O) groups excluding carboxylic acids is 5. The molecule has 2 atom stereocenters. The molecule has 1 aromatic carbocycles. The lowest BCUT2D eigenvalue weighted by Crippen LogP contribution is -2.65. The van der Waals surface area contributed by atoms with E-state index in [1.54, 1.807) is 0 Å². The standard InChI is InChI=1S/C24H22F7N5O3.C16H27NO5/c25-15-2-1-13(16(5-15)23(26,27)28)7-36-8-14(6-33-36)19(38)34-9-17(18(32)37)21(10-34)11-35(12-21)20(39)22(3-4-22)24(29,30)31;1-12(9-14(18)17-8-5-15(19)20-2)21-10-16-6-3-13(4-7-16)22-11-16/h1-2,5-6,8,17H,3-4,7,9-12H2,(H2,32,37);12-13H,3-11H2,1-2H3,(H,17,18). The van der Waals surface area contributed by atoms with E-state index in [2.05, 4.69) is 15.2 Å². The van der Waals surface area contributed by atoms with E-state index in [-0.39, 0.29) is 80.0 Å². The number of aromatic nitrogens is 2. The molecule has 6 aliphatic rings. The highest BCUT2D eigenvalue weighted by molar-refractivity contribution is 5.95. The molecule has 61 heavy (non-hydrogen) atoms. The lowest BCUT2D eigenvalue weighted by atomic mass is 9.70. The van der Waals surface area contributed by atoms with Gasteiger partial charge in [0.05, 0.1) is 75.2 Å².